The first-order chi connectivity index (χ1) is 13.0. The van der Waals surface area contributed by atoms with Crippen LogP contribution in [0.3, 0.4) is 0 Å². The number of aromatic nitrogens is 2. The molecule has 1 saturated heterocycles. The number of amides is 1. The first kappa shape index (κ1) is 19.4. The van der Waals surface area contributed by atoms with Gasteiger partial charge in [0.15, 0.2) is 0 Å². The summed E-state index contributed by atoms with van der Waals surface area (Å²) < 4.78 is 12.7. The maximum Gasteiger partial charge on any atom is 0.255 e. The second kappa shape index (κ2) is 8.57. The third-order valence-corrected chi connectivity index (χ3v) is 4.85. The molecule has 2 aromatic rings. The van der Waals surface area contributed by atoms with Gasteiger partial charge >= 0.3 is 0 Å². The molecule has 6 heteroatoms. The number of hydrogen-bond acceptors (Lipinski definition) is 4. The number of benzene rings is 1. The molecule has 1 aromatic carbocycles. The van der Waals surface area contributed by atoms with Crippen LogP contribution in [0.1, 0.15) is 48.4 Å². The lowest BCUT2D eigenvalue weighted by atomic mass is 10.0. The molecule has 146 valence electrons. The van der Waals surface area contributed by atoms with Crippen molar-refractivity contribution in [3.63, 3.8) is 0 Å². The highest BCUT2D eigenvalue weighted by Crippen LogP contribution is 2.23. The van der Waals surface area contributed by atoms with Crippen molar-refractivity contribution < 1.29 is 14.3 Å². The Labute approximate surface area is 160 Å². The van der Waals surface area contributed by atoms with Crippen molar-refractivity contribution in [1.29, 1.82) is 0 Å². The molecule has 1 aliphatic rings. The fourth-order valence-electron chi connectivity index (χ4n) is 3.46. The summed E-state index contributed by atoms with van der Waals surface area (Å²) in [6.45, 7) is 7.55. The lowest BCUT2D eigenvalue weighted by molar-refractivity contribution is 0.0856. The van der Waals surface area contributed by atoms with Gasteiger partial charge in [-0.15, -0.1) is 0 Å². The predicted molar refractivity (Wildman–Crippen MR) is 105 cm³/mol. The highest BCUT2D eigenvalue weighted by atomic mass is 16.5. The fraction of sp³-hybridized carbons (Fsp3) is 0.524. The number of carbonyl (C=O) groups excluding carboxylic acids is 1. The summed E-state index contributed by atoms with van der Waals surface area (Å²) in [5, 5.41) is 7.80. The maximum atomic E-state index is 12.9. The number of carbonyl (C=O) groups is 1. The molecule has 0 spiro atoms. The minimum atomic E-state index is -0.0709. The van der Waals surface area contributed by atoms with Crippen molar-refractivity contribution in [2.75, 3.05) is 20.3 Å². The number of hydrogen-bond donors (Lipinski definition) is 1. The Hall–Kier alpha value is -2.34. The van der Waals surface area contributed by atoms with Gasteiger partial charge in [0, 0.05) is 13.2 Å². The van der Waals surface area contributed by atoms with Crippen LogP contribution in [-0.4, -0.2) is 42.1 Å². The third kappa shape index (κ3) is 4.50. The number of rotatable bonds is 7. The van der Waals surface area contributed by atoms with Gasteiger partial charge < -0.3 is 14.8 Å². The van der Waals surface area contributed by atoms with Crippen LogP contribution in [0.15, 0.2) is 24.3 Å². The molecule has 0 bridgehead atoms. The van der Waals surface area contributed by atoms with Gasteiger partial charge in [0.1, 0.15) is 5.75 Å². The molecule has 1 atom stereocenters. The minimum Gasteiger partial charge on any atom is -0.497 e. The molecule has 1 aliphatic heterocycles. The molecule has 1 N–H and O–H groups in total. The predicted octanol–water partition coefficient (Wildman–Crippen LogP) is 3.30. The number of nitrogens with zero attached hydrogens (tertiary/aromatic N) is 2. The Bertz CT molecular complexity index is 775. The Balaban J connectivity index is 1.87. The molecule has 3 rings (SSSR count). The van der Waals surface area contributed by atoms with Crippen LogP contribution in [0.2, 0.25) is 0 Å². The zero-order valence-corrected chi connectivity index (χ0v) is 16.6. The molecule has 0 unspecified atom stereocenters. The van der Waals surface area contributed by atoms with Gasteiger partial charge in [0.2, 0.25) is 0 Å². The molecule has 6 nitrogen and oxygen atoms in total. The van der Waals surface area contributed by atoms with E-state index in [0.717, 1.165) is 48.7 Å². The summed E-state index contributed by atoms with van der Waals surface area (Å²) >= 11 is 0. The quantitative estimate of drug-likeness (QED) is 0.811. The van der Waals surface area contributed by atoms with Crippen molar-refractivity contribution in [3.8, 4) is 11.4 Å². The second-order valence-corrected chi connectivity index (χ2v) is 7.46. The summed E-state index contributed by atoms with van der Waals surface area (Å²) in [6.07, 6.45) is 2.95. The highest BCUT2D eigenvalue weighted by molar-refractivity contribution is 5.96. The van der Waals surface area contributed by atoms with Crippen molar-refractivity contribution >= 4 is 5.91 Å². The summed E-state index contributed by atoms with van der Waals surface area (Å²) in [5.74, 6) is 1.13. The first-order valence-electron chi connectivity index (χ1n) is 9.62. The topological polar surface area (TPSA) is 65.4 Å². The van der Waals surface area contributed by atoms with Crippen molar-refractivity contribution in [2.24, 2.45) is 5.92 Å². The average molecular weight is 371 g/mol. The van der Waals surface area contributed by atoms with Crippen LogP contribution >= 0.6 is 0 Å². The average Bonchev–Trinajstić information content (AvgIpc) is 3.27. The number of nitrogens with one attached hydrogen (secondary N) is 1. The summed E-state index contributed by atoms with van der Waals surface area (Å²) in [5.41, 5.74) is 3.28. The molecule has 0 radical (unpaired) electrons. The summed E-state index contributed by atoms with van der Waals surface area (Å²) in [4.78, 5) is 12.9. The monoisotopic (exact) mass is 371 g/mol. The van der Waals surface area contributed by atoms with E-state index in [-0.39, 0.29) is 12.0 Å². The normalized spacial score (nSPS) is 16.7. The zero-order valence-electron chi connectivity index (χ0n) is 16.6. The number of ether oxygens (including phenoxy) is 2. The summed E-state index contributed by atoms with van der Waals surface area (Å²) in [6, 6.07) is 7.70. The Morgan fingerprint density at radius 3 is 2.70 bits per heavy atom. The van der Waals surface area contributed by atoms with Crippen LogP contribution < -0.4 is 10.1 Å². The molecular formula is C21H29N3O3. The highest BCUT2D eigenvalue weighted by Gasteiger charge is 2.24. The van der Waals surface area contributed by atoms with E-state index >= 15 is 0 Å². The SMILES string of the molecule is COc1ccc(-n2nc(CC(C)C)c(C(=O)NC[C@@H]3CCCO3)c2C)cc1. The largest absolute Gasteiger partial charge is 0.497 e. The zero-order chi connectivity index (χ0) is 19.4. The van der Waals surface area contributed by atoms with E-state index in [0.29, 0.717) is 18.0 Å². The lowest BCUT2D eigenvalue weighted by Crippen LogP contribution is -2.32. The van der Waals surface area contributed by atoms with Crippen LogP contribution in [0.25, 0.3) is 5.69 Å². The summed E-state index contributed by atoms with van der Waals surface area (Å²) in [7, 11) is 1.64. The lowest BCUT2D eigenvalue weighted by Gasteiger charge is -2.12. The molecule has 0 saturated carbocycles. The third-order valence-electron chi connectivity index (χ3n) is 4.85. The van der Waals surface area contributed by atoms with Crippen LogP contribution in [0, 0.1) is 12.8 Å². The van der Waals surface area contributed by atoms with Crippen LogP contribution in [0.5, 0.6) is 5.75 Å². The van der Waals surface area contributed by atoms with Gasteiger partial charge in [-0.1, -0.05) is 13.8 Å². The van der Waals surface area contributed by atoms with Crippen molar-refractivity contribution in [1.82, 2.24) is 15.1 Å². The maximum absolute atomic E-state index is 12.9. The standard InChI is InChI=1S/C21H29N3O3/c1-14(2)12-19-20(21(25)22-13-18-6-5-11-27-18)15(3)24(23-19)16-7-9-17(26-4)10-8-16/h7-10,14,18H,5-6,11-13H2,1-4H3,(H,22,25)/t18-/m0/s1. The van der Waals surface area contributed by atoms with E-state index in [9.17, 15) is 4.79 Å². The number of methoxy groups -OCH3 is 1. The molecule has 2 heterocycles. The minimum absolute atomic E-state index is 0.0709. The van der Waals surface area contributed by atoms with Gasteiger partial charge in [0.05, 0.1) is 35.9 Å². The van der Waals surface area contributed by atoms with Gasteiger partial charge in [-0.3, -0.25) is 4.79 Å². The van der Waals surface area contributed by atoms with Gasteiger partial charge in [-0.05, 0) is 56.4 Å². The molecule has 1 fully saturated rings. The van der Waals surface area contributed by atoms with Crippen LogP contribution in [-0.2, 0) is 11.2 Å². The van der Waals surface area contributed by atoms with E-state index < -0.39 is 0 Å². The van der Waals surface area contributed by atoms with Gasteiger partial charge in [-0.25, -0.2) is 4.68 Å². The van der Waals surface area contributed by atoms with E-state index in [1.165, 1.54) is 0 Å². The van der Waals surface area contributed by atoms with Crippen molar-refractivity contribution in [3.05, 3.63) is 41.2 Å². The fourth-order valence-corrected chi connectivity index (χ4v) is 3.46. The Morgan fingerprint density at radius 1 is 1.37 bits per heavy atom. The van der Waals surface area contributed by atoms with Gasteiger partial charge in [-0.2, -0.15) is 5.10 Å². The molecule has 1 amide bonds. The molecule has 0 aliphatic carbocycles. The van der Waals surface area contributed by atoms with E-state index in [2.05, 4.69) is 19.2 Å². The second-order valence-electron chi connectivity index (χ2n) is 7.46. The Morgan fingerprint density at radius 2 is 2.11 bits per heavy atom. The molecular weight excluding hydrogens is 342 g/mol. The first-order valence-corrected chi connectivity index (χ1v) is 9.62. The van der Waals surface area contributed by atoms with E-state index in [4.69, 9.17) is 14.6 Å². The smallest absolute Gasteiger partial charge is 0.255 e. The molecule has 1 aromatic heterocycles. The van der Waals surface area contributed by atoms with Gasteiger partial charge in [0.25, 0.3) is 5.91 Å². The van der Waals surface area contributed by atoms with E-state index in [1.54, 1.807) is 7.11 Å². The Kier molecular flexibility index (Phi) is 6.16. The molecule has 27 heavy (non-hydrogen) atoms. The van der Waals surface area contributed by atoms with Crippen LogP contribution in [0.4, 0.5) is 0 Å². The van der Waals surface area contributed by atoms with E-state index in [1.807, 2.05) is 35.9 Å². The van der Waals surface area contributed by atoms with Crippen molar-refractivity contribution in [2.45, 2.75) is 46.1 Å².